The monoisotopic (exact) mass is 223 g/mol. The Bertz CT molecular complexity index is 734. The second-order valence-electron chi connectivity index (χ2n) is 3.68. The number of nitrogens with zero attached hydrogens (tertiary/aromatic N) is 2. The molecule has 17 heavy (non-hydrogen) atoms. The summed E-state index contributed by atoms with van der Waals surface area (Å²) in [6, 6.07) is 10.7. The molecule has 0 unspecified atom stereocenters. The SMILES string of the molecule is O=c1cccnnc1-c1cccc2[nH]ccc12. The van der Waals surface area contributed by atoms with Gasteiger partial charge in [0.25, 0.3) is 0 Å². The third-order valence-electron chi connectivity index (χ3n) is 2.64. The highest BCUT2D eigenvalue weighted by molar-refractivity contribution is 5.93. The van der Waals surface area contributed by atoms with Crippen LogP contribution in [0.2, 0.25) is 0 Å². The molecule has 0 bridgehead atoms. The summed E-state index contributed by atoms with van der Waals surface area (Å²) >= 11 is 0. The molecule has 0 radical (unpaired) electrons. The van der Waals surface area contributed by atoms with Crippen molar-refractivity contribution in [1.29, 1.82) is 0 Å². The van der Waals surface area contributed by atoms with Crippen molar-refractivity contribution in [3.63, 3.8) is 0 Å². The van der Waals surface area contributed by atoms with E-state index in [0.717, 1.165) is 16.5 Å². The molecule has 1 aromatic carbocycles. The molecular weight excluding hydrogens is 214 g/mol. The molecule has 2 aromatic heterocycles. The summed E-state index contributed by atoms with van der Waals surface area (Å²) in [5, 5.41) is 8.76. The van der Waals surface area contributed by atoms with Crippen LogP contribution in [0.3, 0.4) is 0 Å². The van der Waals surface area contributed by atoms with Gasteiger partial charge in [0.1, 0.15) is 5.69 Å². The molecule has 0 aliphatic heterocycles. The summed E-state index contributed by atoms with van der Waals surface area (Å²) in [6.45, 7) is 0. The number of aromatic amines is 1. The number of rotatable bonds is 1. The van der Waals surface area contributed by atoms with Crippen LogP contribution in [0.5, 0.6) is 0 Å². The lowest BCUT2D eigenvalue weighted by atomic mass is 10.1. The summed E-state index contributed by atoms with van der Waals surface area (Å²) in [7, 11) is 0. The van der Waals surface area contributed by atoms with Crippen molar-refractivity contribution in [3.8, 4) is 11.3 Å². The van der Waals surface area contributed by atoms with Gasteiger partial charge in [-0.15, -0.1) is 5.10 Å². The van der Waals surface area contributed by atoms with E-state index in [2.05, 4.69) is 15.2 Å². The Kier molecular flexibility index (Phi) is 2.19. The molecule has 2 heterocycles. The molecule has 0 aliphatic rings. The molecule has 82 valence electrons. The van der Waals surface area contributed by atoms with Crippen LogP contribution in [0.15, 0.2) is 53.6 Å². The normalized spacial score (nSPS) is 10.6. The van der Waals surface area contributed by atoms with Crippen molar-refractivity contribution in [2.75, 3.05) is 0 Å². The summed E-state index contributed by atoms with van der Waals surface area (Å²) in [6.07, 6.45) is 3.34. The van der Waals surface area contributed by atoms with E-state index in [1.807, 2.05) is 30.5 Å². The van der Waals surface area contributed by atoms with Crippen molar-refractivity contribution >= 4 is 10.9 Å². The fourth-order valence-electron chi connectivity index (χ4n) is 1.87. The molecule has 4 heteroatoms. The highest BCUT2D eigenvalue weighted by Gasteiger charge is 2.08. The highest BCUT2D eigenvalue weighted by atomic mass is 16.1. The lowest BCUT2D eigenvalue weighted by Crippen LogP contribution is -2.02. The lowest BCUT2D eigenvalue weighted by molar-refractivity contribution is 1.06. The Morgan fingerprint density at radius 2 is 2.00 bits per heavy atom. The van der Waals surface area contributed by atoms with Crippen LogP contribution >= 0.6 is 0 Å². The quantitative estimate of drug-likeness (QED) is 0.686. The first kappa shape index (κ1) is 9.72. The van der Waals surface area contributed by atoms with E-state index in [0.29, 0.717) is 5.69 Å². The summed E-state index contributed by atoms with van der Waals surface area (Å²) in [4.78, 5) is 15.0. The van der Waals surface area contributed by atoms with Gasteiger partial charge in [0.05, 0.1) is 0 Å². The smallest absolute Gasteiger partial charge is 0.206 e. The zero-order chi connectivity index (χ0) is 11.7. The van der Waals surface area contributed by atoms with Gasteiger partial charge in [-0.1, -0.05) is 12.1 Å². The Morgan fingerprint density at radius 1 is 1.06 bits per heavy atom. The molecule has 0 atom stereocenters. The van der Waals surface area contributed by atoms with Crippen LogP contribution in [0, 0.1) is 0 Å². The predicted molar refractivity (Wildman–Crippen MR) is 65.6 cm³/mol. The van der Waals surface area contributed by atoms with Gasteiger partial charge >= 0.3 is 0 Å². The van der Waals surface area contributed by atoms with E-state index in [-0.39, 0.29) is 5.43 Å². The molecule has 1 N–H and O–H groups in total. The number of hydrogen-bond acceptors (Lipinski definition) is 3. The maximum atomic E-state index is 11.9. The van der Waals surface area contributed by atoms with Gasteiger partial charge in [0.15, 0.2) is 0 Å². The first-order valence-electron chi connectivity index (χ1n) is 5.25. The minimum absolute atomic E-state index is 0.129. The second kappa shape index (κ2) is 3.83. The number of fused-ring (bicyclic) bond motifs is 1. The molecule has 0 amide bonds. The maximum absolute atomic E-state index is 11.9. The molecule has 4 nitrogen and oxygen atoms in total. The first-order valence-corrected chi connectivity index (χ1v) is 5.25. The van der Waals surface area contributed by atoms with Crippen LogP contribution in [-0.4, -0.2) is 15.2 Å². The molecule has 0 aliphatic carbocycles. The number of hydrogen-bond donors (Lipinski definition) is 1. The van der Waals surface area contributed by atoms with Crippen LogP contribution in [0.1, 0.15) is 0 Å². The molecule has 0 spiro atoms. The lowest BCUT2D eigenvalue weighted by Gasteiger charge is -1.98. The van der Waals surface area contributed by atoms with E-state index in [1.54, 1.807) is 6.07 Å². The van der Waals surface area contributed by atoms with Crippen molar-refractivity contribution in [2.24, 2.45) is 0 Å². The van der Waals surface area contributed by atoms with Crippen LogP contribution < -0.4 is 5.43 Å². The maximum Gasteiger partial charge on any atom is 0.206 e. The number of benzene rings is 1. The van der Waals surface area contributed by atoms with Crippen molar-refractivity contribution < 1.29 is 0 Å². The average Bonchev–Trinajstić information content (AvgIpc) is 2.72. The molecule has 3 aromatic rings. The van der Waals surface area contributed by atoms with E-state index in [4.69, 9.17) is 0 Å². The molecule has 0 saturated carbocycles. The average molecular weight is 223 g/mol. The molecule has 0 saturated heterocycles. The van der Waals surface area contributed by atoms with Crippen LogP contribution in [0.25, 0.3) is 22.2 Å². The second-order valence-corrected chi connectivity index (χ2v) is 3.68. The zero-order valence-corrected chi connectivity index (χ0v) is 8.92. The summed E-state index contributed by atoms with van der Waals surface area (Å²) in [5.41, 5.74) is 2.03. The fourth-order valence-corrected chi connectivity index (χ4v) is 1.87. The minimum atomic E-state index is -0.129. The fraction of sp³-hybridized carbons (Fsp3) is 0. The van der Waals surface area contributed by atoms with Crippen LogP contribution in [-0.2, 0) is 0 Å². The van der Waals surface area contributed by atoms with Crippen molar-refractivity contribution in [2.45, 2.75) is 0 Å². The molecular formula is C13H9N3O. The third kappa shape index (κ3) is 1.59. The van der Waals surface area contributed by atoms with E-state index >= 15 is 0 Å². The van der Waals surface area contributed by atoms with E-state index < -0.39 is 0 Å². The third-order valence-corrected chi connectivity index (χ3v) is 2.64. The molecule has 0 fully saturated rings. The van der Waals surface area contributed by atoms with Gasteiger partial charge in [0.2, 0.25) is 5.43 Å². The number of H-pyrrole nitrogens is 1. The predicted octanol–water partition coefficient (Wildman–Crippen LogP) is 1.99. The Hall–Kier alpha value is -2.49. The molecule has 3 rings (SSSR count). The van der Waals surface area contributed by atoms with Gasteiger partial charge in [-0.05, 0) is 24.3 Å². The zero-order valence-electron chi connectivity index (χ0n) is 8.92. The summed E-state index contributed by atoms with van der Waals surface area (Å²) in [5.74, 6) is 0. The highest BCUT2D eigenvalue weighted by Crippen LogP contribution is 2.23. The van der Waals surface area contributed by atoms with Crippen LogP contribution in [0.4, 0.5) is 0 Å². The number of aromatic nitrogens is 3. The Balaban J connectivity index is 2.39. The van der Waals surface area contributed by atoms with Gasteiger partial charge in [-0.25, -0.2) is 0 Å². The summed E-state index contributed by atoms with van der Waals surface area (Å²) < 4.78 is 0. The largest absolute Gasteiger partial charge is 0.361 e. The van der Waals surface area contributed by atoms with E-state index in [9.17, 15) is 4.79 Å². The topological polar surface area (TPSA) is 58.6 Å². The van der Waals surface area contributed by atoms with Gasteiger partial charge in [0, 0.05) is 28.9 Å². The Morgan fingerprint density at radius 3 is 2.94 bits per heavy atom. The van der Waals surface area contributed by atoms with Crippen molar-refractivity contribution in [1.82, 2.24) is 15.2 Å². The van der Waals surface area contributed by atoms with Gasteiger partial charge < -0.3 is 4.98 Å². The minimum Gasteiger partial charge on any atom is -0.361 e. The Labute approximate surface area is 97.0 Å². The standard InChI is InChI=1S/C13H9N3O/c17-12-5-2-7-15-16-13(12)10-3-1-4-11-9(10)6-8-14-11/h1-8,14H. The van der Waals surface area contributed by atoms with Gasteiger partial charge in [-0.2, -0.15) is 5.10 Å². The first-order chi connectivity index (χ1) is 8.36. The van der Waals surface area contributed by atoms with Gasteiger partial charge in [-0.3, -0.25) is 4.79 Å². The number of nitrogens with one attached hydrogen (secondary N) is 1. The van der Waals surface area contributed by atoms with E-state index in [1.165, 1.54) is 12.3 Å². The van der Waals surface area contributed by atoms with Crippen molar-refractivity contribution in [3.05, 3.63) is 59.0 Å².